The first kappa shape index (κ1) is 19.9. The molecule has 8 nitrogen and oxygen atoms in total. The Bertz CT molecular complexity index is 1080. The summed E-state index contributed by atoms with van der Waals surface area (Å²) in [5, 5.41) is 9.02. The Hall–Kier alpha value is -3.39. The van der Waals surface area contributed by atoms with Gasteiger partial charge in [0.05, 0.1) is 10.6 Å². The first-order valence-corrected chi connectivity index (χ1v) is 9.96. The molecule has 1 aliphatic carbocycles. The van der Waals surface area contributed by atoms with Crippen LogP contribution in [0.3, 0.4) is 0 Å². The minimum Gasteiger partial charge on any atom is -0.344 e. The molecular formula is C21H21ClN6O2. The maximum Gasteiger partial charge on any atom is 0.320 e. The van der Waals surface area contributed by atoms with Crippen molar-refractivity contribution in [1.82, 2.24) is 20.3 Å². The zero-order chi connectivity index (χ0) is 21.1. The van der Waals surface area contributed by atoms with Crippen LogP contribution in [0.25, 0.3) is 0 Å². The molecule has 1 aliphatic rings. The number of carbonyl (C=O) groups is 2. The molecule has 0 bridgehead atoms. The first-order valence-electron chi connectivity index (χ1n) is 9.58. The summed E-state index contributed by atoms with van der Waals surface area (Å²) in [6, 6.07) is 9.60. The number of H-pyrrole nitrogens is 1. The number of benzene rings is 1. The first-order chi connectivity index (χ1) is 14.4. The van der Waals surface area contributed by atoms with E-state index in [2.05, 4.69) is 30.9 Å². The standard InChI is InChI=1S/C21H21ClN6O2/c1-13-11-24-19(25-13)21(8-3-9-21)28-20(30)26-16-5-2-4-14(10-16)18(29)27-17-7-6-15(22)12-23-17/h2,4-7,10-12H,3,8-9H2,1H3,(H,24,25)(H,23,27,29)(H2,26,28,30). The van der Waals surface area contributed by atoms with Crippen LogP contribution < -0.4 is 16.0 Å². The van der Waals surface area contributed by atoms with Crippen LogP contribution in [0.2, 0.25) is 5.02 Å². The highest BCUT2D eigenvalue weighted by molar-refractivity contribution is 6.30. The number of nitrogens with one attached hydrogen (secondary N) is 4. The molecule has 0 atom stereocenters. The van der Waals surface area contributed by atoms with Gasteiger partial charge in [0.15, 0.2) is 0 Å². The van der Waals surface area contributed by atoms with E-state index in [4.69, 9.17) is 11.6 Å². The zero-order valence-corrected chi connectivity index (χ0v) is 17.1. The lowest BCUT2D eigenvalue weighted by Gasteiger charge is -2.40. The Kier molecular flexibility index (Phi) is 5.41. The molecule has 0 unspecified atom stereocenters. The summed E-state index contributed by atoms with van der Waals surface area (Å²) in [6.07, 6.45) is 5.88. The predicted molar refractivity (Wildman–Crippen MR) is 115 cm³/mol. The Morgan fingerprint density at radius 1 is 1.10 bits per heavy atom. The van der Waals surface area contributed by atoms with Gasteiger partial charge >= 0.3 is 6.03 Å². The molecule has 0 saturated heterocycles. The molecule has 0 aliphatic heterocycles. The van der Waals surface area contributed by atoms with Crippen molar-refractivity contribution in [2.45, 2.75) is 31.7 Å². The average Bonchev–Trinajstić information content (AvgIpc) is 3.13. The predicted octanol–water partition coefficient (Wildman–Crippen LogP) is 4.22. The maximum atomic E-state index is 12.6. The number of hydrogen-bond acceptors (Lipinski definition) is 4. The normalized spacial score (nSPS) is 14.5. The number of carbonyl (C=O) groups excluding carboxylic acids is 2. The van der Waals surface area contributed by atoms with E-state index in [0.29, 0.717) is 22.1 Å². The third-order valence-electron chi connectivity index (χ3n) is 5.07. The number of imidazole rings is 1. The van der Waals surface area contributed by atoms with Crippen molar-refractivity contribution < 1.29 is 9.59 Å². The van der Waals surface area contributed by atoms with Gasteiger partial charge in [-0.2, -0.15) is 0 Å². The fourth-order valence-corrected chi connectivity index (χ4v) is 3.48. The summed E-state index contributed by atoms with van der Waals surface area (Å²) < 4.78 is 0. The van der Waals surface area contributed by atoms with Crippen LogP contribution in [0.5, 0.6) is 0 Å². The highest BCUT2D eigenvalue weighted by Gasteiger charge is 2.42. The van der Waals surface area contributed by atoms with Crippen molar-refractivity contribution in [3.63, 3.8) is 0 Å². The zero-order valence-electron chi connectivity index (χ0n) is 16.3. The van der Waals surface area contributed by atoms with Crippen molar-refractivity contribution in [2.24, 2.45) is 0 Å². The second-order valence-corrected chi connectivity index (χ2v) is 7.76. The smallest absolute Gasteiger partial charge is 0.320 e. The third-order valence-corrected chi connectivity index (χ3v) is 5.29. The van der Waals surface area contributed by atoms with Crippen LogP contribution in [0, 0.1) is 6.92 Å². The van der Waals surface area contributed by atoms with E-state index in [1.54, 1.807) is 42.6 Å². The van der Waals surface area contributed by atoms with Crippen LogP contribution >= 0.6 is 11.6 Å². The second-order valence-electron chi connectivity index (χ2n) is 7.33. The van der Waals surface area contributed by atoms with Crippen molar-refractivity contribution >= 4 is 35.0 Å². The van der Waals surface area contributed by atoms with Crippen LogP contribution in [0.4, 0.5) is 16.3 Å². The molecule has 1 saturated carbocycles. The molecule has 0 radical (unpaired) electrons. The Morgan fingerprint density at radius 2 is 1.93 bits per heavy atom. The summed E-state index contributed by atoms with van der Waals surface area (Å²) >= 11 is 5.81. The molecule has 0 spiro atoms. The number of halogens is 1. The topological polar surface area (TPSA) is 112 Å². The van der Waals surface area contributed by atoms with Crippen molar-refractivity contribution in [2.75, 3.05) is 10.6 Å². The lowest BCUT2D eigenvalue weighted by Crippen LogP contribution is -2.52. The fourth-order valence-electron chi connectivity index (χ4n) is 3.36. The molecule has 1 fully saturated rings. The van der Waals surface area contributed by atoms with Crippen molar-refractivity contribution in [3.8, 4) is 0 Å². The van der Waals surface area contributed by atoms with Gasteiger partial charge in [-0.3, -0.25) is 4.79 Å². The lowest BCUT2D eigenvalue weighted by molar-refractivity contribution is 0.102. The highest BCUT2D eigenvalue weighted by Crippen LogP contribution is 2.39. The summed E-state index contributed by atoms with van der Waals surface area (Å²) in [6.45, 7) is 1.93. The summed E-state index contributed by atoms with van der Waals surface area (Å²) in [7, 11) is 0. The lowest BCUT2D eigenvalue weighted by atomic mass is 9.76. The van der Waals surface area contributed by atoms with Gasteiger partial charge in [-0.25, -0.2) is 14.8 Å². The summed E-state index contributed by atoms with van der Waals surface area (Å²) in [5.41, 5.74) is 1.37. The van der Waals surface area contributed by atoms with Gasteiger partial charge in [-0.15, -0.1) is 0 Å². The van der Waals surface area contributed by atoms with Gasteiger partial charge in [0, 0.05) is 29.3 Å². The number of pyridine rings is 1. The molecule has 4 N–H and O–H groups in total. The van der Waals surface area contributed by atoms with Gasteiger partial charge in [0.25, 0.3) is 5.91 Å². The van der Waals surface area contributed by atoms with Crippen molar-refractivity contribution in [1.29, 1.82) is 0 Å². The van der Waals surface area contributed by atoms with E-state index in [0.717, 1.165) is 30.8 Å². The largest absolute Gasteiger partial charge is 0.344 e. The van der Waals surface area contributed by atoms with Gasteiger partial charge in [-0.1, -0.05) is 17.7 Å². The van der Waals surface area contributed by atoms with E-state index in [9.17, 15) is 9.59 Å². The second kappa shape index (κ2) is 8.16. The quantitative estimate of drug-likeness (QED) is 0.491. The minimum absolute atomic E-state index is 0.338. The number of urea groups is 1. The molecule has 30 heavy (non-hydrogen) atoms. The van der Waals surface area contributed by atoms with E-state index in [1.807, 2.05) is 6.92 Å². The average molecular weight is 425 g/mol. The van der Waals surface area contributed by atoms with Crippen LogP contribution in [-0.4, -0.2) is 26.9 Å². The number of aromatic amines is 1. The Morgan fingerprint density at radius 3 is 2.57 bits per heavy atom. The van der Waals surface area contributed by atoms with Gasteiger partial charge in [-0.05, 0) is 56.5 Å². The number of aryl methyl sites for hydroxylation is 1. The monoisotopic (exact) mass is 424 g/mol. The minimum atomic E-state index is -0.479. The fraction of sp³-hybridized carbons (Fsp3) is 0.238. The molecule has 2 heterocycles. The van der Waals surface area contributed by atoms with E-state index in [-0.39, 0.29) is 11.9 Å². The molecular weight excluding hydrogens is 404 g/mol. The van der Waals surface area contributed by atoms with Crippen molar-refractivity contribution in [3.05, 3.63) is 70.9 Å². The third kappa shape index (κ3) is 4.28. The van der Waals surface area contributed by atoms with Crippen LogP contribution in [0.1, 0.15) is 41.1 Å². The molecule has 1 aromatic carbocycles. The summed E-state index contributed by atoms with van der Waals surface area (Å²) in [4.78, 5) is 36.8. The summed E-state index contributed by atoms with van der Waals surface area (Å²) in [5.74, 6) is 0.821. The number of aromatic nitrogens is 3. The number of anilines is 2. The highest BCUT2D eigenvalue weighted by atomic mass is 35.5. The molecule has 154 valence electrons. The number of amides is 3. The SMILES string of the molecule is Cc1cnc(C2(NC(=O)Nc3cccc(C(=O)Nc4ccc(Cl)cn4)c3)CCC2)[nH]1. The van der Waals surface area contributed by atoms with Gasteiger partial charge in [0.1, 0.15) is 11.6 Å². The van der Waals surface area contributed by atoms with Gasteiger partial charge in [0.2, 0.25) is 0 Å². The maximum absolute atomic E-state index is 12.6. The Labute approximate surface area is 178 Å². The molecule has 3 aromatic rings. The molecule has 4 rings (SSSR count). The number of nitrogens with zero attached hydrogens (tertiary/aromatic N) is 2. The molecule has 3 amide bonds. The van der Waals surface area contributed by atoms with E-state index < -0.39 is 5.54 Å². The van der Waals surface area contributed by atoms with Crippen LogP contribution in [-0.2, 0) is 5.54 Å². The molecule has 9 heteroatoms. The molecule has 2 aromatic heterocycles. The van der Waals surface area contributed by atoms with Crippen LogP contribution in [0.15, 0.2) is 48.8 Å². The van der Waals surface area contributed by atoms with Gasteiger partial charge < -0.3 is 20.9 Å². The van der Waals surface area contributed by atoms with E-state index in [1.165, 1.54) is 6.20 Å². The number of hydrogen-bond donors (Lipinski definition) is 4. The number of rotatable bonds is 5. The Balaban J connectivity index is 1.42. The van der Waals surface area contributed by atoms with E-state index >= 15 is 0 Å².